The van der Waals surface area contributed by atoms with E-state index in [-0.39, 0.29) is 10.5 Å². The van der Waals surface area contributed by atoms with Crippen LogP contribution in [-0.2, 0) is 14.8 Å². The van der Waals surface area contributed by atoms with Crippen LogP contribution < -0.4 is 5.32 Å². The molecule has 1 fully saturated rings. The normalized spacial score (nSPS) is 16.6. The maximum absolute atomic E-state index is 12.6. The molecule has 0 unspecified atom stereocenters. The van der Waals surface area contributed by atoms with Gasteiger partial charge in [-0.2, -0.15) is 9.57 Å². The van der Waals surface area contributed by atoms with Crippen molar-refractivity contribution in [3.05, 3.63) is 29.8 Å². The summed E-state index contributed by atoms with van der Waals surface area (Å²) in [6, 6.07) is 7.78. The molecule has 1 aromatic carbocycles. The molecule has 1 aliphatic rings. The summed E-state index contributed by atoms with van der Waals surface area (Å²) in [5, 5.41) is 11.5. The second kappa shape index (κ2) is 6.66. The maximum atomic E-state index is 12.6. The number of amides is 1. The highest BCUT2D eigenvalue weighted by molar-refractivity contribution is 7.89. The number of nitrogens with one attached hydrogen (secondary N) is 1. The Hall–Kier alpha value is -1.95. The molecule has 124 valence electrons. The summed E-state index contributed by atoms with van der Waals surface area (Å²) in [5.41, 5.74) is -0.835. The van der Waals surface area contributed by atoms with Gasteiger partial charge in [-0.25, -0.2) is 8.42 Å². The molecule has 1 heterocycles. The molecular formula is C15H19N3O4S. The first-order valence-corrected chi connectivity index (χ1v) is 8.62. The summed E-state index contributed by atoms with van der Waals surface area (Å²) in [6.07, 6.45) is 0. The average Bonchev–Trinajstić information content (AvgIpc) is 2.55. The van der Waals surface area contributed by atoms with Crippen LogP contribution in [0.5, 0.6) is 0 Å². The molecule has 8 heteroatoms. The number of ether oxygens (including phenoxy) is 1. The summed E-state index contributed by atoms with van der Waals surface area (Å²) in [6.45, 7) is 4.43. The Kier molecular flexibility index (Phi) is 5.04. The molecule has 1 aliphatic heterocycles. The third-order valence-electron chi connectivity index (χ3n) is 3.41. The van der Waals surface area contributed by atoms with Gasteiger partial charge in [-0.15, -0.1) is 0 Å². The first kappa shape index (κ1) is 17.4. The lowest BCUT2D eigenvalue weighted by Crippen LogP contribution is -2.42. The van der Waals surface area contributed by atoms with Crippen LogP contribution in [0.1, 0.15) is 24.2 Å². The predicted octanol–water partition coefficient (Wildman–Crippen LogP) is 0.739. The van der Waals surface area contributed by atoms with Crippen molar-refractivity contribution in [2.24, 2.45) is 0 Å². The highest BCUT2D eigenvalue weighted by atomic mass is 32.2. The van der Waals surface area contributed by atoms with Gasteiger partial charge in [0.1, 0.15) is 5.54 Å². The van der Waals surface area contributed by atoms with Gasteiger partial charge in [-0.1, -0.05) is 6.07 Å². The van der Waals surface area contributed by atoms with Crippen LogP contribution in [0.25, 0.3) is 0 Å². The number of nitriles is 1. The minimum Gasteiger partial charge on any atom is -0.379 e. The largest absolute Gasteiger partial charge is 0.379 e. The van der Waals surface area contributed by atoms with Crippen LogP contribution in [0.15, 0.2) is 29.2 Å². The van der Waals surface area contributed by atoms with Crippen LogP contribution in [-0.4, -0.2) is 50.5 Å². The highest BCUT2D eigenvalue weighted by Gasteiger charge is 2.27. The molecule has 0 radical (unpaired) electrons. The van der Waals surface area contributed by atoms with E-state index < -0.39 is 21.5 Å². The zero-order valence-corrected chi connectivity index (χ0v) is 13.9. The first-order chi connectivity index (χ1) is 10.8. The van der Waals surface area contributed by atoms with Crippen LogP contribution in [0.2, 0.25) is 0 Å². The van der Waals surface area contributed by atoms with Gasteiger partial charge in [0.25, 0.3) is 5.91 Å². The van der Waals surface area contributed by atoms with Crippen LogP contribution in [0.4, 0.5) is 0 Å². The number of hydrogen-bond donors (Lipinski definition) is 1. The summed E-state index contributed by atoms with van der Waals surface area (Å²) >= 11 is 0. The molecule has 1 N–H and O–H groups in total. The molecule has 0 aromatic heterocycles. The molecule has 0 spiro atoms. The van der Waals surface area contributed by atoms with E-state index in [0.717, 1.165) is 0 Å². The number of rotatable bonds is 4. The van der Waals surface area contributed by atoms with Crippen molar-refractivity contribution in [1.29, 1.82) is 5.26 Å². The van der Waals surface area contributed by atoms with Crippen molar-refractivity contribution in [1.82, 2.24) is 9.62 Å². The Morgan fingerprint density at radius 3 is 2.61 bits per heavy atom. The monoisotopic (exact) mass is 337 g/mol. The van der Waals surface area contributed by atoms with Gasteiger partial charge in [0.15, 0.2) is 0 Å². The Balaban J connectivity index is 2.26. The fourth-order valence-corrected chi connectivity index (χ4v) is 3.57. The van der Waals surface area contributed by atoms with Gasteiger partial charge >= 0.3 is 0 Å². The third-order valence-corrected chi connectivity index (χ3v) is 5.30. The van der Waals surface area contributed by atoms with Gasteiger partial charge in [0.05, 0.1) is 24.2 Å². The number of carbonyl (C=O) groups excluding carboxylic acids is 1. The Morgan fingerprint density at radius 2 is 2.00 bits per heavy atom. The molecule has 1 saturated heterocycles. The van der Waals surface area contributed by atoms with E-state index >= 15 is 0 Å². The average molecular weight is 337 g/mol. The summed E-state index contributed by atoms with van der Waals surface area (Å²) < 4.78 is 31.7. The lowest BCUT2D eigenvalue weighted by Gasteiger charge is -2.26. The molecule has 7 nitrogen and oxygen atoms in total. The number of morpholine rings is 1. The SMILES string of the molecule is CC(C)(C#N)NC(=O)c1cccc(S(=O)(=O)N2CCOCC2)c1. The molecule has 0 atom stereocenters. The standard InChI is InChI=1S/C15H19N3O4S/c1-15(2,11-16)17-14(19)12-4-3-5-13(10-12)23(20,21)18-6-8-22-9-7-18/h3-5,10H,6-9H2,1-2H3,(H,17,19). The maximum Gasteiger partial charge on any atom is 0.252 e. The third kappa shape index (κ3) is 4.07. The topological polar surface area (TPSA) is 99.5 Å². The molecule has 2 rings (SSSR count). The van der Waals surface area contributed by atoms with Crippen LogP contribution in [0.3, 0.4) is 0 Å². The quantitative estimate of drug-likeness (QED) is 0.873. The van der Waals surface area contributed by atoms with E-state index in [1.54, 1.807) is 13.8 Å². The highest BCUT2D eigenvalue weighted by Crippen LogP contribution is 2.18. The number of sulfonamides is 1. The molecular weight excluding hydrogens is 318 g/mol. The number of hydrogen-bond acceptors (Lipinski definition) is 5. The Labute approximate surface area is 135 Å². The zero-order valence-electron chi connectivity index (χ0n) is 13.1. The minimum atomic E-state index is -3.66. The van der Waals surface area contributed by atoms with Crippen molar-refractivity contribution in [3.63, 3.8) is 0 Å². The number of carbonyl (C=O) groups is 1. The van der Waals surface area contributed by atoms with E-state index in [9.17, 15) is 13.2 Å². The van der Waals surface area contributed by atoms with Crippen LogP contribution >= 0.6 is 0 Å². The number of benzene rings is 1. The Morgan fingerprint density at radius 1 is 1.35 bits per heavy atom. The number of nitrogens with zero attached hydrogens (tertiary/aromatic N) is 2. The molecule has 0 bridgehead atoms. The van der Waals surface area contributed by atoms with Crippen molar-refractivity contribution in [2.45, 2.75) is 24.3 Å². The second-order valence-electron chi connectivity index (χ2n) is 5.74. The molecule has 23 heavy (non-hydrogen) atoms. The Bertz CT molecular complexity index is 731. The molecule has 1 aromatic rings. The fraction of sp³-hybridized carbons (Fsp3) is 0.467. The van der Waals surface area contributed by atoms with E-state index in [4.69, 9.17) is 10.00 Å². The first-order valence-electron chi connectivity index (χ1n) is 7.18. The van der Waals surface area contributed by atoms with E-state index in [0.29, 0.717) is 26.3 Å². The summed E-state index contributed by atoms with van der Waals surface area (Å²) in [7, 11) is -3.66. The van der Waals surface area contributed by atoms with Crippen molar-refractivity contribution in [3.8, 4) is 6.07 Å². The van der Waals surface area contributed by atoms with Crippen molar-refractivity contribution < 1.29 is 17.9 Å². The smallest absolute Gasteiger partial charge is 0.252 e. The van der Waals surface area contributed by atoms with Gasteiger partial charge < -0.3 is 10.1 Å². The predicted molar refractivity (Wildman–Crippen MR) is 83.2 cm³/mol. The second-order valence-corrected chi connectivity index (χ2v) is 7.67. The van der Waals surface area contributed by atoms with Crippen molar-refractivity contribution in [2.75, 3.05) is 26.3 Å². The van der Waals surface area contributed by atoms with Crippen molar-refractivity contribution >= 4 is 15.9 Å². The minimum absolute atomic E-state index is 0.0572. The van der Waals surface area contributed by atoms with E-state index in [2.05, 4.69) is 5.32 Å². The van der Waals surface area contributed by atoms with E-state index in [1.165, 1.54) is 28.6 Å². The van der Waals surface area contributed by atoms with Gasteiger partial charge in [0.2, 0.25) is 10.0 Å². The molecule has 0 aliphatic carbocycles. The lowest BCUT2D eigenvalue weighted by atomic mass is 10.1. The fourth-order valence-electron chi connectivity index (χ4n) is 2.12. The van der Waals surface area contributed by atoms with Crippen LogP contribution in [0, 0.1) is 11.3 Å². The van der Waals surface area contributed by atoms with Gasteiger partial charge in [-0.05, 0) is 32.0 Å². The lowest BCUT2D eigenvalue weighted by molar-refractivity contribution is 0.0730. The summed E-state index contributed by atoms with van der Waals surface area (Å²) in [5.74, 6) is -0.490. The van der Waals surface area contributed by atoms with Gasteiger partial charge in [-0.3, -0.25) is 4.79 Å². The molecule has 0 saturated carbocycles. The van der Waals surface area contributed by atoms with E-state index in [1.807, 2.05) is 6.07 Å². The van der Waals surface area contributed by atoms with Gasteiger partial charge in [0, 0.05) is 18.7 Å². The summed E-state index contributed by atoms with van der Waals surface area (Å²) in [4.78, 5) is 12.2. The molecule has 1 amide bonds. The zero-order chi connectivity index (χ0) is 17.1.